The predicted molar refractivity (Wildman–Crippen MR) is 75.0 cm³/mol. The Kier molecular flexibility index (Phi) is 6.97. The smallest absolute Gasteiger partial charge is 0.319 e. The molecule has 0 aliphatic carbocycles. The minimum Gasteiger partial charge on any atom is -0.481 e. The summed E-state index contributed by atoms with van der Waals surface area (Å²) in [5.41, 5.74) is 0.882. The van der Waals surface area contributed by atoms with Crippen molar-refractivity contribution >= 4 is 17.9 Å². The molecule has 0 saturated heterocycles. The van der Waals surface area contributed by atoms with E-state index < -0.39 is 23.9 Å². The van der Waals surface area contributed by atoms with Crippen LogP contribution in [-0.2, 0) is 30.3 Å². The minimum atomic E-state index is -1.04. The van der Waals surface area contributed by atoms with Gasteiger partial charge < -0.3 is 14.6 Å². The summed E-state index contributed by atoms with van der Waals surface area (Å²) in [6, 6.07) is 4.25. The monoisotopic (exact) mass is 310 g/mol. The number of aliphatic carboxylic acids is 1. The van der Waals surface area contributed by atoms with Gasteiger partial charge in [0, 0.05) is 0 Å². The van der Waals surface area contributed by atoms with Gasteiger partial charge in [-0.05, 0) is 12.1 Å². The van der Waals surface area contributed by atoms with Gasteiger partial charge in [0.25, 0.3) is 0 Å². The summed E-state index contributed by atoms with van der Waals surface area (Å²) >= 11 is 0. The lowest BCUT2D eigenvalue weighted by atomic mass is 10.1. The van der Waals surface area contributed by atoms with E-state index in [1.165, 1.54) is 14.2 Å². The number of nitrogens with zero attached hydrogens (tertiary/aromatic N) is 1. The lowest BCUT2D eigenvalue weighted by Crippen LogP contribution is -2.30. The van der Waals surface area contributed by atoms with Gasteiger partial charge in [0.1, 0.15) is 0 Å². The summed E-state index contributed by atoms with van der Waals surface area (Å²) in [4.78, 5) is 37.6. The van der Waals surface area contributed by atoms with E-state index in [2.05, 4.69) is 19.8 Å². The SMILES string of the molecule is COC(=O)CNC(CC(=O)O)c1cccc(CC(=O)OC)n1. The Bertz CT molecular complexity index is 546. The fourth-order valence-electron chi connectivity index (χ4n) is 1.75. The zero-order valence-corrected chi connectivity index (χ0v) is 12.4. The Labute approximate surface area is 127 Å². The molecule has 0 radical (unpaired) electrons. The number of carboxylic acids is 1. The van der Waals surface area contributed by atoms with Crippen LogP contribution in [-0.4, -0.2) is 48.8 Å². The normalized spacial score (nSPS) is 11.5. The van der Waals surface area contributed by atoms with Gasteiger partial charge in [-0.3, -0.25) is 24.7 Å². The van der Waals surface area contributed by atoms with Crippen LogP contribution in [0.25, 0.3) is 0 Å². The zero-order chi connectivity index (χ0) is 16.5. The summed E-state index contributed by atoms with van der Waals surface area (Å²) in [6.45, 7) is -0.142. The van der Waals surface area contributed by atoms with Crippen LogP contribution in [0.15, 0.2) is 18.2 Å². The van der Waals surface area contributed by atoms with Crippen LogP contribution in [0.4, 0.5) is 0 Å². The van der Waals surface area contributed by atoms with Gasteiger partial charge in [-0.15, -0.1) is 0 Å². The molecule has 1 aromatic rings. The van der Waals surface area contributed by atoms with Crippen molar-refractivity contribution in [1.29, 1.82) is 0 Å². The average Bonchev–Trinajstić information content (AvgIpc) is 2.50. The molecule has 1 unspecified atom stereocenters. The standard InChI is InChI=1S/C14H18N2O6/c1-21-13(19)6-9-4-3-5-10(16-9)11(7-12(17)18)15-8-14(20)22-2/h3-5,11,15H,6-8H2,1-2H3,(H,17,18). The fraction of sp³-hybridized carbons (Fsp3) is 0.429. The number of hydrogen-bond donors (Lipinski definition) is 2. The third-order valence-electron chi connectivity index (χ3n) is 2.84. The van der Waals surface area contributed by atoms with Crippen LogP contribution in [0.5, 0.6) is 0 Å². The lowest BCUT2D eigenvalue weighted by molar-refractivity contribution is -0.141. The van der Waals surface area contributed by atoms with Gasteiger partial charge in [-0.25, -0.2) is 0 Å². The van der Waals surface area contributed by atoms with Gasteiger partial charge in [-0.2, -0.15) is 0 Å². The molecular formula is C14H18N2O6. The first kappa shape index (κ1) is 17.6. The van der Waals surface area contributed by atoms with E-state index >= 15 is 0 Å². The number of ether oxygens (including phenoxy) is 2. The van der Waals surface area contributed by atoms with E-state index in [-0.39, 0.29) is 19.4 Å². The zero-order valence-electron chi connectivity index (χ0n) is 12.4. The number of esters is 2. The minimum absolute atomic E-state index is 0.0128. The van der Waals surface area contributed by atoms with Crippen molar-refractivity contribution in [2.75, 3.05) is 20.8 Å². The van der Waals surface area contributed by atoms with Crippen molar-refractivity contribution in [3.63, 3.8) is 0 Å². The van der Waals surface area contributed by atoms with Crippen LogP contribution in [0.3, 0.4) is 0 Å². The van der Waals surface area contributed by atoms with Crippen LogP contribution in [0.1, 0.15) is 23.9 Å². The molecule has 1 heterocycles. The molecule has 1 rings (SSSR count). The second-order valence-corrected chi connectivity index (χ2v) is 4.41. The first-order chi connectivity index (χ1) is 10.5. The van der Waals surface area contributed by atoms with Crippen LogP contribution < -0.4 is 5.32 Å². The molecular weight excluding hydrogens is 292 g/mol. The van der Waals surface area contributed by atoms with Crippen molar-refractivity contribution in [3.05, 3.63) is 29.6 Å². The second-order valence-electron chi connectivity index (χ2n) is 4.41. The van der Waals surface area contributed by atoms with Crippen molar-refractivity contribution in [2.24, 2.45) is 0 Å². The number of pyridine rings is 1. The number of nitrogens with one attached hydrogen (secondary N) is 1. The molecule has 2 N–H and O–H groups in total. The van der Waals surface area contributed by atoms with E-state index in [1.807, 2.05) is 0 Å². The Morgan fingerprint density at radius 1 is 1.23 bits per heavy atom. The van der Waals surface area contributed by atoms with Gasteiger partial charge in [-0.1, -0.05) is 6.07 Å². The molecule has 120 valence electrons. The van der Waals surface area contributed by atoms with Crippen LogP contribution in [0.2, 0.25) is 0 Å². The molecule has 8 nitrogen and oxygen atoms in total. The largest absolute Gasteiger partial charge is 0.481 e. The van der Waals surface area contributed by atoms with Gasteiger partial charge >= 0.3 is 17.9 Å². The van der Waals surface area contributed by atoms with Crippen molar-refractivity contribution < 1.29 is 29.0 Å². The molecule has 1 atom stereocenters. The lowest BCUT2D eigenvalue weighted by Gasteiger charge is -2.16. The third kappa shape index (κ3) is 5.88. The maximum absolute atomic E-state index is 11.3. The van der Waals surface area contributed by atoms with Crippen molar-refractivity contribution in [1.82, 2.24) is 10.3 Å². The Morgan fingerprint density at radius 3 is 2.50 bits per heavy atom. The molecule has 22 heavy (non-hydrogen) atoms. The number of carbonyl (C=O) groups excluding carboxylic acids is 2. The Hall–Kier alpha value is -2.48. The highest BCUT2D eigenvalue weighted by atomic mass is 16.5. The highest BCUT2D eigenvalue weighted by molar-refractivity contribution is 5.72. The molecule has 0 fully saturated rings. The van der Waals surface area contributed by atoms with Gasteiger partial charge in [0.05, 0.1) is 51.0 Å². The topological polar surface area (TPSA) is 115 Å². The van der Waals surface area contributed by atoms with Crippen molar-refractivity contribution in [3.8, 4) is 0 Å². The number of hydrogen-bond acceptors (Lipinski definition) is 7. The van der Waals surface area contributed by atoms with E-state index in [1.54, 1.807) is 18.2 Å². The maximum atomic E-state index is 11.3. The van der Waals surface area contributed by atoms with E-state index in [0.29, 0.717) is 11.4 Å². The number of aromatic nitrogens is 1. The molecule has 0 bridgehead atoms. The first-order valence-electron chi connectivity index (χ1n) is 6.51. The average molecular weight is 310 g/mol. The summed E-state index contributed by atoms with van der Waals surface area (Å²) in [7, 11) is 2.52. The molecule has 0 aliphatic heterocycles. The molecule has 1 aromatic heterocycles. The predicted octanol–water partition coefficient (Wildman–Crippen LogP) is 0.0755. The number of rotatable bonds is 8. The third-order valence-corrected chi connectivity index (χ3v) is 2.84. The Morgan fingerprint density at radius 2 is 1.91 bits per heavy atom. The number of carboxylic acid groups (broad SMARTS) is 1. The highest BCUT2D eigenvalue weighted by Crippen LogP contribution is 2.15. The van der Waals surface area contributed by atoms with Gasteiger partial charge in [0.15, 0.2) is 0 Å². The molecule has 0 amide bonds. The molecule has 0 spiro atoms. The molecule has 0 aliphatic rings. The van der Waals surface area contributed by atoms with Crippen LogP contribution >= 0.6 is 0 Å². The summed E-state index contributed by atoms with van der Waals surface area (Å²) < 4.78 is 9.06. The van der Waals surface area contributed by atoms with Crippen molar-refractivity contribution in [2.45, 2.75) is 18.9 Å². The fourth-order valence-corrected chi connectivity index (χ4v) is 1.75. The highest BCUT2D eigenvalue weighted by Gasteiger charge is 2.18. The van der Waals surface area contributed by atoms with Gasteiger partial charge in [0.2, 0.25) is 0 Å². The van der Waals surface area contributed by atoms with Crippen LogP contribution in [0, 0.1) is 0 Å². The quantitative estimate of drug-likeness (QED) is 0.648. The summed E-state index contributed by atoms with van der Waals surface area (Å²) in [6.07, 6.45) is -0.271. The molecule has 0 saturated carbocycles. The summed E-state index contributed by atoms with van der Waals surface area (Å²) in [5, 5.41) is 11.7. The van der Waals surface area contributed by atoms with E-state index in [4.69, 9.17) is 5.11 Å². The van der Waals surface area contributed by atoms with E-state index in [0.717, 1.165) is 0 Å². The van der Waals surface area contributed by atoms with E-state index in [9.17, 15) is 14.4 Å². The Balaban J connectivity index is 2.88. The summed E-state index contributed by atoms with van der Waals surface area (Å²) in [5.74, 6) is -1.99. The molecule has 0 aromatic carbocycles. The molecule has 8 heteroatoms. The number of carbonyl (C=O) groups is 3. The maximum Gasteiger partial charge on any atom is 0.319 e. The second kappa shape index (κ2) is 8.73. The first-order valence-corrected chi connectivity index (χ1v) is 6.51. The number of methoxy groups -OCH3 is 2.